The molecule has 2 saturated carbocycles. The highest BCUT2D eigenvalue weighted by Gasteiger charge is 2.51. The molecule has 0 unspecified atom stereocenters. The summed E-state index contributed by atoms with van der Waals surface area (Å²) >= 11 is 0. The van der Waals surface area contributed by atoms with Crippen LogP contribution in [-0.4, -0.2) is 13.2 Å². The molecule has 0 radical (unpaired) electrons. The van der Waals surface area contributed by atoms with Crippen LogP contribution in [0.3, 0.4) is 0 Å². The molecule has 1 nitrogen and oxygen atoms in total. The van der Waals surface area contributed by atoms with Gasteiger partial charge >= 0.3 is 0 Å². The van der Waals surface area contributed by atoms with Crippen molar-refractivity contribution in [1.29, 1.82) is 0 Å². The van der Waals surface area contributed by atoms with Gasteiger partial charge in [-0.1, -0.05) is 139 Å². The summed E-state index contributed by atoms with van der Waals surface area (Å²) in [7, 11) is 0. The van der Waals surface area contributed by atoms with Crippen molar-refractivity contribution in [1.82, 2.24) is 0 Å². The Bertz CT molecular complexity index is 1440. The molecular formula is C46H58F4O. The molecule has 5 heteroatoms. The quantitative estimate of drug-likeness (QED) is 0.141. The van der Waals surface area contributed by atoms with Gasteiger partial charge in [0.25, 0.3) is 0 Å². The van der Waals surface area contributed by atoms with E-state index in [2.05, 4.69) is 62.5 Å². The Morgan fingerprint density at radius 2 is 0.902 bits per heavy atom. The van der Waals surface area contributed by atoms with E-state index in [0.29, 0.717) is 13.2 Å². The molecule has 0 spiro atoms. The Balaban J connectivity index is 1.19. The van der Waals surface area contributed by atoms with Gasteiger partial charge in [-0.3, -0.25) is 0 Å². The lowest BCUT2D eigenvalue weighted by Gasteiger charge is -2.52. The lowest BCUT2D eigenvalue weighted by molar-refractivity contribution is 0.0925. The lowest BCUT2D eigenvalue weighted by atomic mass is 9.51. The summed E-state index contributed by atoms with van der Waals surface area (Å²) in [6.07, 6.45) is 36.0. The van der Waals surface area contributed by atoms with Gasteiger partial charge in [0.2, 0.25) is 0 Å². The minimum Gasteiger partial charge on any atom is -0.380 e. The number of halogens is 4. The molecule has 0 atom stereocenters. The summed E-state index contributed by atoms with van der Waals surface area (Å²) in [5.41, 5.74) is 0.631. The molecule has 4 aliphatic carbocycles. The average Bonchev–Trinajstić information content (AvgIpc) is 3.16. The molecule has 0 aromatic heterocycles. The molecule has 51 heavy (non-hydrogen) atoms. The summed E-state index contributed by atoms with van der Waals surface area (Å²) in [5.74, 6) is -3.04. The zero-order chi connectivity index (χ0) is 36.0. The second-order valence-electron chi connectivity index (χ2n) is 16.2. The van der Waals surface area contributed by atoms with Crippen LogP contribution in [0.5, 0.6) is 0 Å². The van der Waals surface area contributed by atoms with Gasteiger partial charge in [-0.2, -0.15) is 0 Å². The topological polar surface area (TPSA) is 9.23 Å². The minimum atomic E-state index is -0.807. The first-order valence-corrected chi connectivity index (χ1v) is 20.0. The summed E-state index contributed by atoms with van der Waals surface area (Å²) in [6, 6.07) is 8.98. The highest BCUT2D eigenvalue weighted by Crippen LogP contribution is 2.59. The second-order valence-corrected chi connectivity index (χ2v) is 16.2. The Kier molecular flexibility index (Phi) is 12.2. The average molecular weight is 703 g/mol. The van der Waals surface area contributed by atoms with Crippen LogP contribution in [0.1, 0.15) is 128 Å². The highest BCUT2D eigenvalue weighted by molar-refractivity contribution is 5.45. The van der Waals surface area contributed by atoms with Crippen LogP contribution in [-0.2, 0) is 15.6 Å². The van der Waals surface area contributed by atoms with Crippen LogP contribution in [0, 0.1) is 45.9 Å². The summed E-state index contributed by atoms with van der Waals surface area (Å²) in [4.78, 5) is 0. The van der Waals surface area contributed by atoms with E-state index in [4.69, 9.17) is 4.74 Å². The van der Waals surface area contributed by atoms with Gasteiger partial charge in [0.15, 0.2) is 23.3 Å². The zero-order valence-electron chi connectivity index (χ0n) is 30.9. The predicted molar refractivity (Wildman–Crippen MR) is 201 cm³/mol. The van der Waals surface area contributed by atoms with Crippen molar-refractivity contribution in [2.45, 2.75) is 127 Å². The van der Waals surface area contributed by atoms with E-state index < -0.39 is 34.1 Å². The van der Waals surface area contributed by atoms with Crippen molar-refractivity contribution in [3.63, 3.8) is 0 Å². The number of hydrogen-bond acceptors (Lipinski definition) is 1. The van der Waals surface area contributed by atoms with Crippen molar-refractivity contribution >= 4 is 0 Å². The fourth-order valence-electron chi connectivity index (χ4n) is 10.3. The van der Waals surface area contributed by atoms with Crippen molar-refractivity contribution in [2.24, 2.45) is 22.7 Å². The molecule has 0 bridgehead atoms. The minimum absolute atomic E-state index is 0.0329. The third-order valence-electron chi connectivity index (χ3n) is 13.2. The zero-order valence-corrected chi connectivity index (χ0v) is 30.9. The third kappa shape index (κ3) is 7.48. The first-order chi connectivity index (χ1) is 24.7. The van der Waals surface area contributed by atoms with Crippen LogP contribution >= 0.6 is 0 Å². The first kappa shape index (κ1) is 37.8. The van der Waals surface area contributed by atoms with Gasteiger partial charge in [0.05, 0.1) is 13.2 Å². The highest BCUT2D eigenvalue weighted by atomic mass is 19.2. The number of unbranched alkanes of at least 4 members (excludes halogenated alkanes) is 2. The van der Waals surface area contributed by atoms with Crippen LogP contribution in [0.2, 0.25) is 0 Å². The molecule has 0 aliphatic heterocycles. The van der Waals surface area contributed by atoms with Crippen molar-refractivity contribution in [3.8, 4) is 0 Å². The van der Waals surface area contributed by atoms with E-state index in [1.165, 1.54) is 37.1 Å². The van der Waals surface area contributed by atoms with Gasteiger partial charge in [0, 0.05) is 22.7 Å². The summed E-state index contributed by atoms with van der Waals surface area (Å²) in [5, 5.41) is 0. The van der Waals surface area contributed by atoms with Gasteiger partial charge in [-0.05, 0) is 84.7 Å². The first-order valence-electron chi connectivity index (χ1n) is 20.0. The molecule has 2 aromatic rings. The largest absolute Gasteiger partial charge is 0.380 e. The van der Waals surface area contributed by atoms with Crippen LogP contribution in [0.15, 0.2) is 85.0 Å². The summed E-state index contributed by atoms with van der Waals surface area (Å²) < 4.78 is 64.1. The van der Waals surface area contributed by atoms with Gasteiger partial charge in [-0.15, -0.1) is 0 Å². The molecule has 0 saturated heterocycles. The molecule has 2 aromatic carbocycles. The van der Waals surface area contributed by atoms with Crippen LogP contribution < -0.4 is 0 Å². The number of benzene rings is 2. The number of rotatable bonds is 14. The molecule has 276 valence electrons. The Hall–Kier alpha value is -2.92. The molecule has 4 aliphatic rings. The second kappa shape index (κ2) is 16.4. The molecule has 0 N–H and O–H groups in total. The number of allylic oxidation sites excluding steroid dienone is 4. The van der Waals surface area contributed by atoms with Crippen LogP contribution in [0.4, 0.5) is 17.6 Å². The fourth-order valence-corrected chi connectivity index (χ4v) is 10.3. The molecule has 0 amide bonds. The van der Waals surface area contributed by atoms with E-state index >= 15 is 0 Å². The smallest absolute Gasteiger partial charge is 0.159 e. The monoisotopic (exact) mass is 702 g/mol. The fraction of sp³-hybridized carbons (Fsp3) is 0.565. The predicted octanol–water partition coefficient (Wildman–Crippen LogP) is 13.2. The van der Waals surface area contributed by atoms with Crippen molar-refractivity contribution in [2.75, 3.05) is 13.2 Å². The SMILES string of the molecule is CCCCC1(C2(c3ccc(F)c(F)c3)C=CC(COCC3C=CC(c4ccc(F)c(F)c4)(C4(CCCC)CCCCC4)C=C3)C=C2)CCCCC1. The van der Waals surface area contributed by atoms with E-state index in [0.717, 1.165) is 101 Å². The molecular weight excluding hydrogens is 644 g/mol. The van der Waals surface area contributed by atoms with E-state index in [1.807, 2.05) is 0 Å². The summed E-state index contributed by atoms with van der Waals surface area (Å²) in [6.45, 7) is 5.49. The normalized spacial score (nSPS) is 28.3. The van der Waals surface area contributed by atoms with Crippen molar-refractivity contribution in [3.05, 3.63) is 119 Å². The molecule has 2 fully saturated rings. The molecule has 0 heterocycles. The Labute approximate surface area is 304 Å². The van der Waals surface area contributed by atoms with E-state index in [-0.39, 0.29) is 22.7 Å². The standard InChI is InChI=1S/C46H58F4O/c1-3-5-21-43(23-9-7-10-24-43)45(37-13-15-39(47)41(49)31-37)27-17-35(18-28-45)33-51-34-36-19-29-46(30-20-36,38-14-16-40(48)42(50)32-38)44(22-6-4-2)25-11-8-12-26-44/h13-20,27-32,35-36H,3-12,21-26,33-34H2,1-2H3. The Morgan fingerprint density at radius 3 is 1.24 bits per heavy atom. The maximum Gasteiger partial charge on any atom is 0.159 e. The van der Waals surface area contributed by atoms with Crippen molar-refractivity contribution < 1.29 is 22.3 Å². The maximum atomic E-state index is 14.7. The number of ether oxygens (including phenoxy) is 1. The van der Waals surface area contributed by atoms with E-state index in [9.17, 15) is 17.6 Å². The van der Waals surface area contributed by atoms with Gasteiger partial charge in [-0.25, -0.2) is 17.6 Å². The molecule has 6 rings (SSSR count). The third-order valence-corrected chi connectivity index (χ3v) is 13.2. The lowest BCUT2D eigenvalue weighted by Crippen LogP contribution is -2.46. The van der Waals surface area contributed by atoms with Crippen LogP contribution in [0.25, 0.3) is 0 Å². The van der Waals surface area contributed by atoms with Gasteiger partial charge < -0.3 is 4.74 Å². The van der Waals surface area contributed by atoms with Gasteiger partial charge in [0.1, 0.15) is 0 Å². The maximum absolute atomic E-state index is 14.7. The Morgan fingerprint density at radius 1 is 0.529 bits per heavy atom. The number of hydrogen-bond donors (Lipinski definition) is 0. The van der Waals surface area contributed by atoms with E-state index in [1.54, 1.807) is 12.1 Å².